The number of aromatic nitrogens is 2. The number of hydrogen-bond acceptors (Lipinski definition) is 4. The molecule has 1 aromatic carbocycles. The van der Waals surface area contributed by atoms with Gasteiger partial charge in [0, 0.05) is 22.4 Å². The van der Waals surface area contributed by atoms with Crippen molar-refractivity contribution >= 4 is 42.5 Å². The smallest absolute Gasteiger partial charge is 0.257 e. The molecule has 0 saturated heterocycles. The minimum Gasteiger partial charge on any atom is -0.467 e. The van der Waals surface area contributed by atoms with Crippen LogP contribution in [0.5, 0.6) is 5.88 Å². The van der Waals surface area contributed by atoms with Gasteiger partial charge in [-0.25, -0.2) is 14.4 Å². The van der Waals surface area contributed by atoms with Crippen molar-refractivity contribution in [1.29, 1.82) is 0 Å². The molecule has 104 valence electrons. The summed E-state index contributed by atoms with van der Waals surface area (Å²) < 4.78 is 19.1. The first-order valence-corrected chi connectivity index (χ1v) is 6.55. The zero-order chi connectivity index (χ0) is 14.9. The van der Waals surface area contributed by atoms with Crippen LogP contribution in [-0.4, -0.2) is 17.8 Å². The summed E-state index contributed by atoms with van der Waals surface area (Å²) in [6, 6.07) is 2.62. The molecule has 2 N–H and O–H groups in total. The lowest BCUT2D eigenvalue weighted by atomic mass is 10.1. The SMILES string of the molecule is Bc1cnc(N)c(O[C@H](C)c2c(Cl)ccc(F)c2Cl)n1. The van der Waals surface area contributed by atoms with E-state index in [-0.39, 0.29) is 16.7 Å². The minimum absolute atomic E-state index is 0.0795. The number of rotatable bonds is 3. The van der Waals surface area contributed by atoms with E-state index >= 15 is 0 Å². The summed E-state index contributed by atoms with van der Waals surface area (Å²) in [5.74, 6) is -0.259. The summed E-state index contributed by atoms with van der Waals surface area (Å²) >= 11 is 12.0. The molecule has 0 amide bonds. The van der Waals surface area contributed by atoms with E-state index in [4.69, 9.17) is 33.7 Å². The fourth-order valence-corrected chi connectivity index (χ4v) is 2.37. The minimum atomic E-state index is -0.621. The number of nitrogens with zero attached hydrogens (tertiary/aromatic N) is 2. The Kier molecular flexibility index (Phi) is 4.35. The van der Waals surface area contributed by atoms with Crippen LogP contribution < -0.4 is 16.1 Å². The number of nitrogen functional groups attached to an aromatic ring is 1. The average molecular weight is 314 g/mol. The van der Waals surface area contributed by atoms with Crippen molar-refractivity contribution in [3.8, 4) is 5.88 Å². The monoisotopic (exact) mass is 313 g/mol. The van der Waals surface area contributed by atoms with Crippen LogP contribution in [0.4, 0.5) is 10.2 Å². The third-order valence-corrected chi connectivity index (χ3v) is 3.38. The molecule has 8 heteroatoms. The first-order valence-electron chi connectivity index (χ1n) is 5.79. The van der Waals surface area contributed by atoms with Gasteiger partial charge in [0.15, 0.2) is 13.7 Å². The van der Waals surface area contributed by atoms with E-state index in [1.165, 1.54) is 18.3 Å². The second-order valence-corrected chi connectivity index (χ2v) is 5.00. The van der Waals surface area contributed by atoms with Crippen LogP contribution in [-0.2, 0) is 0 Å². The summed E-state index contributed by atoms with van der Waals surface area (Å²) in [7, 11) is 1.76. The van der Waals surface area contributed by atoms with E-state index in [9.17, 15) is 4.39 Å². The van der Waals surface area contributed by atoms with Gasteiger partial charge in [-0.2, -0.15) is 0 Å². The molecule has 0 spiro atoms. The van der Waals surface area contributed by atoms with Crippen LogP contribution in [0, 0.1) is 5.82 Å². The molecule has 2 rings (SSSR count). The fraction of sp³-hybridized carbons (Fsp3) is 0.167. The van der Waals surface area contributed by atoms with Crippen molar-refractivity contribution in [2.24, 2.45) is 0 Å². The van der Waals surface area contributed by atoms with Crippen LogP contribution in [0.25, 0.3) is 0 Å². The quantitative estimate of drug-likeness (QED) is 0.694. The van der Waals surface area contributed by atoms with Crippen molar-refractivity contribution < 1.29 is 9.13 Å². The van der Waals surface area contributed by atoms with E-state index in [0.29, 0.717) is 16.2 Å². The van der Waals surface area contributed by atoms with Crippen molar-refractivity contribution in [2.75, 3.05) is 5.73 Å². The zero-order valence-corrected chi connectivity index (χ0v) is 12.3. The highest BCUT2D eigenvalue weighted by molar-refractivity contribution is 6.36. The van der Waals surface area contributed by atoms with Crippen molar-refractivity contribution in [3.63, 3.8) is 0 Å². The largest absolute Gasteiger partial charge is 0.467 e. The Bertz CT molecular complexity index is 657. The Labute approximate surface area is 126 Å². The van der Waals surface area contributed by atoms with Gasteiger partial charge in [0.1, 0.15) is 11.9 Å². The Morgan fingerprint density at radius 1 is 1.40 bits per heavy atom. The number of halogens is 3. The molecule has 1 aromatic heterocycles. The van der Waals surface area contributed by atoms with Gasteiger partial charge in [-0.1, -0.05) is 23.2 Å². The van der Waals surface area contributed by atoms with Gasteiger partial charge < -0.3 is 10.5 Å². The van der Waals surface area contributed by atoms with E-state index in [2.05, 4.69) is 9.97 Å². The standard InChI is InChI=1S/C12H11BCl2FN3O/c1-5(9-6(14)2-3-7(16)10(9)15)20-12-11(17)18-4-8(13)19-12/h2-5H,13H2,1H3,(H2,17,18)/t5-/m1/s1. The molecule has 0 saturated carbocycles. The van der Waals surface area contributed by atoms with E-state index in [1.54, 1.807) is 14.8 Å². The van der Waals surface area contributed by atoms with Gasteiger partial charge in [0.05, 0.1) is 5.02 Å². The lowest BCUT2D eigenvalue weighted by molar-refractivity contribution is 0.218. The zero-order valence-electron chi connectivity index (χ0n) is 10.8. The summed E-state index contributed by atoms with van der Waals surface area (Å²) in [5, 5.41) is 0.229. The maximum absolute atomic E-state index is 13.5. The molecule has 1 atom stereocenters. The Morgan fingerprint density at radius 2 is 2.10 bits per heavy atom. The summed E-state index contributed by atoms with van der Waals surface area (Å²) in [5.41, 5.74) is 6.68. The number of benzene rings is 1. The molecule has 4 nitrogen and oxygen atoms in total. The molecule has 2 aromatic rings. The molecule has 0 radical (unpaired) electrons. The number of ether oxygens (including phenoxy) is 1. The summed E-state index contributed by atoms with van der Waals surface area (Å²) in [6.07, 6.45) is 0.902. The fourth-order valence-electron chi connectivity index (χ4n) is 1.69. The van der Waals surface area contributed by atoms with Gasteiger partial charge in [-0.15, -0.1) is 0 Å². The highest BCUT2D eigenvalue weighted by atomic mass is 35.5. The van der Waals surface area contributed by atoms with Crippen molar-refractivity contribution in [2.45, 2.75) is 13.0 Å². The first-order chi connectivity index (χ1) is 9.40. The van der Waals surface area contributed by atoms with Crippen LogP contribution in [0.1, 0.15) is 18.6 Å². The molecule has 20 heavy (non-hydrogen) atoms. The lowest BCUT2D eigenvalue weighted by Gasteiger charge is -2.18. The van der Waals surface area contributed by atoms with Crippen LogP contribution in [0.2, 0.25) is 10.0 Å². The average Bonchev–Trinajstić information content (AvgIpc) is 2.39. The Morgan fingerprint density at radius 3 is 2.80 bits per heavy atom. The van der Waals surface area contributed by atoms with Gasteiger partial charge in [0.25, 0.3) is 5.88 Å². The number of hydrogen-bond donors (Lipinski definition) is 1. The third-order valence-electron chi connectivity index (χ3n) is 2.66. The molecule has 0 unspecified atom stereocenters. The molecule has 0 aliphatic rings. The third kappa shape index (κ3) is 2.97. The summed E-state index contributed by atoms with van der Waals surface area (Å²) in [6.45, 7) is 1.68. The lowest BCUT2D eigenvalue weighted by Crippen LogP contribution is -2.15. The topological polar surface area (TPSA) is 61.0 Å². The van der Waals surface area contributed by atoms with E-state index < -0.39 is 11.9 Å². The maximum Gasteiger partial charge on any atom is 0.257 e. The number of nitrogens with two attached hydrogens (primary N) is 1. The van der Waals surface area contributed by atoms with Gasteiger partial charge in [-0.05, 0) is 19.1 Å². The molecule has 0 bridgehead atoms. The van der Waals surface area contributed by atoms with Gasteiger partial charge in [-0.3, -0.25) is 0 Å². The van der Waals surface area contributed by atoms with Crippen molar-refractivity contribution in [1.82, 2.24) is 9.97 Å². The Hall–Kier alpha value is -1.53. The number of anilines is 1. The molecule has 1 heterocycles. The van der Waals surface area contributed by atoms with E-state index in [0.717, 1.165) is 0 Å². The molecular formula is C12H11BCl2FN3O. The second kappa shape index (κ2) is 5.85. The second-order valence-electron chi connectivity index (χ2n) is 4.22. The molecule has 0 aliphatic heterocycles. The molecule has 0 fully saturated rings. The highest BCUT2D eigenvalue weighted by Crippen LogP contribution is 2.34. The highest BCUT2D eigenvalue weighted by Gasteiger charge is 2.20. The van der Waals surface area contributed by atoms with Crippen LogP contribution >= 0.6 is 23.2 Å². The first kappa shape index (κ1) is 14.9. The van der Waals surface area contributed by atoms with Crippen LogP contribution in [0.3, 0.4) is 0 Å². The predicted molar refractivity (Wildman–Crippen MR) is 80.1 cm³/mol. The molecular weight excluding hydrogens is 303 g/mol. The molecule has 0 aliphatic carbocycles. The Balaban J connectivity index is 2.35. The predicted octanol–water partition coefficient (Wildman–Crippen LogP) is 1.90. The normalized spacial score (nSPS) is 12.2. The summed E-state index contributed by atoms with van der Waals surface area (Å²) in [4.78, 5) is 8.07. The van der Waals surface area contributed by atoms with E-state index in [1.807, 2.05) is 0 Å². The van der Waals surface area contributed by atoms with Crippen LogP contribution in [0.15, 0.2) is 18.3 Å². The van der Waals surface area contributed by atoms with Crippen molar-refractivity contribution in [3.05, 3.63) is 39.8 Å². The van der Waals surface area contributed by atoms with Gasteiger partial charge >= 0.3 is 0 Å². The van der Waals surface area contributed by atoms with Gasteiger partial charge in [0.2, 0.25) is 0 Å². The maximum atomic E-state index is 13.5.